The maximum absolute atomic E-state index is 12.6. The SMILES string of the molecule is Cc1c(=O)c(=O)c2c3c[nH]c4c(C)c(=O)c(=O)c(c5c[nH]c1c52)c43.S=c1[nH]c2ccccc2[nH]1. The number of aromatic nitrogens is 4. The van der Waals surface area contributed by atoms with E-state index in [9.17, 15) is 19.2 Å². The molecule has 166 valence electrons. The third-order valence-corrected chi connectivity index (χ3v) is 6.72. The van der Waals surface area contributed by atoms with Gasteiger partial charge in [-0.3, -0.25) is 19.2 Å². The molecule has 0 saturated heterocycles. The van der Waals surface area contributed by atoms with E-state index in [2.05, 4.69) is 19.9 Å². The van der Waals surface area contributed by atoms with Crippen molar-refractivity contribution in [3.05, 3.63) is 93.5 Å². The van der Waals surface area contributed by atoms with Crippen LogP contribution in [0.3, 0.4) is 0 Å². The summed E-state index contributed by atoms with van der Waals surface area (Å²) in [5, 5.41) is 2.72. The van der Waals surface area contributed by atoms with E-state index in [1.165, 1.54) is 0 Å². The number of rotatable bonds is 0. The summed E-state index contributed by atoms with van der Waals surface area (Å²) in [6.07, 6.45) is 3.20. The van der Waals surface area contributed by atoms with Gasteiger partial charge in [0.1, 0.15) is 0 Å². The molecule has 0 fully saturated rings. The van der Waals surface area contributed by atoms with Crippen LogP contribution in [0.25, 0.3) is 54.4 Å². The van der Waals surface area contributed by atoms with Gasteiger partial charge in [0, 0.05) is 55.8 Å². The molecule has 4 N–H and O–H groups in total. The molecule has 9 heteroatoms. The van der Waals surface area contributed by atoms with Crippen LogP contribution in [-0.2, 0) is 0 Å². The molecule has 0 bridgehead atoms. The lowest BCUT2D eigenvalue weighted by molar-refractivity contribution is 1.30. The highest BCUT2D eigenvalue weighted by molar-refractivity contribution is 7.71. The van der Waals surface area contributed by atoms with Gasteiger partial charge in [0.25, 0.3) is 0 Å². The van der Waals surface area contributed by atoms with E-state index in [-0.39, 0.29) is 0 Å². The topological polar surface area (TPSA) is 131 Å². The van der Waals surface area contributed by atoms with Gasteiger partial charge in [-0.2, -0.15) is 0 Å². The highest BCUT2D eigenvalue weighted by atomic mass is 32.1. The lowest BCUT2D eigenvalue weighted by atomic mass is 9.93. The molecule has 0 amide bonds. The van der Waals surface area contributed by atoms with Crippen molar-refractivity contribution in [3.8, 4) is 0 Å². The Hall–Kier alpha value is -4.37. The number of hydrogen-bond acceptors (Lipinski definition) is 5. The van der Waals surface area contributed by atoms with E-state index in [0.717, 1.165) is 11.0 Å². The molecule has 0 aliphatic rings. The number of para-hydroxylation sites is 2. The van der Waals surface area contributed by atoms with E-state index in [1.54, 1.807) is 26.2 Å². The average Bonchev–Trinajstić information content (AvgIpc) is 3.54. The fraction of sp³-hybridized carbons (Fsp3) is 0.0800. The molecule has 7 rings (SSSR count). The molecule has 4 aromatic carbocycles. The minimum atomic E-state index is -0.580. The molecule has 7 aromatic rings. The van der Waals surface area contributed by atoms with Crippen LogP contribution in [0.5, 0.6) is 0 Å². The monoisotopic (exact) mass is 468 g/mol. The van der Waals surface area contributed by atoms with E-state index in [0.29, 0.717) is 59.2 Å². The minimum Gasteiger partial charge on any atom is -0.360 e. The highest BCUT2D eigenvalue weighted by Gasteiger charge is 2.24. The van der Waals surface area contributed by atoms with E-state index in [1.807, 2.05) is 24.3 Å². The van der Waals surface area contributed by atoms with Crippen molar-refractivity contribution in [1.82, 2.24) is 19.9 Å². The van der Waals surface area contributed by atoms with Gasteiger partial charge >= 0.3 is 0 Å². The predicted molar refractivity (Wildman–Crippen MR) is 137 cm³/mol. The summed E-state index contributed by atoms with van der Waals surface area (Å²) in [5.74, 6) is 0. The van der Waals surface area contributed by atoms with Crippen LogP contribution in [0, 0.1) is 18.6 Å². The van der Waals surface area contributed by atoms with Crippen molar-refractivity contribution in [2.24, 2.45) is 0 Å². The van der Waals surface area contributed by atoms with Gasteiger partial charge in [0.05, 0.1) is 22.1 Å². The summed E-state index contributed by atoms with van der Waals surface area (Å²) in [5.41, 5.74) is 1.58. The maximum atomic E-state index is 12.6. The normalized spacial score (nSPS) is 11.8. The van der Waals surface area contributed by atoms with Gasteiger partial charge in [0.15, 0.2) is 4.77 Å². The zero-order valence-corrected chi connectivity index (χ0v) is 18.8. The fourth-order valence-corrected chi connectivity index (χ4v) is 5.08. The number of nitrogens with one attached hydrogen (secondary N) is 4. The Morgan fingerprint density at radius 3 is 1.44 bits per heavy atom. The number of benzene rings is 4. The van der Waals surface area contributed by atoms with Gasteiger partial charge in [-0.05, 0) is 38.2 Å². The van der Waals surface area contributed by atoms with Crippen molar-refractivity contribution in [1.29, 1.82) is 0 Å². The molecule has 0 atom stereocenters. The summed E-state index contributed by atoms with van der Waals surface area (Å²) in [4.78, 5) is 61.8. The predicted octanol–water partition coefficient (Wildman–Crippen LogP) is 3.55. The van der Waals surface area contributed by atoms with Crippen molar-refractivity contribution in [3.63, 3.8) is 0 Å². The van der Waals surface area contributed by atoms with Crippen LogP contribution in [0.4, 0.5) is 0 Å². The summed E-state index contributed by atoms with van der Waals surface area (Å²) in [7, 11) is 0. The summed E-state index contributed by atoms with van der Waals surface area (Å²) < 4.78 is 0.682. The number of imidazole rings is 1. The molecular formula is C25H16N4O4S. The smallest absolute Gasteiger partial charge is 0.234 e. The van der Waals surface area contributed by atoms with E-state index < -0.39 is 21.7 Å². The number of hydrogen-bond donors (Lipinski definition) is 4. The van der Waals surface area contributed by atoms with Crippen LogP contribution in [0.1, 0.15) is 11.1 Å². The van der Waals surface area contributed by atoms with E-state index >= 15 is 0 Å². The van der Waals surface area contributed by atoms with Crippen LogP contribution < -0.4 is 21.7 Å². The molecular weight excluding hydrogens is 452 g/mol. The average molecular weight is 468 g/mol. The second-order valence-corrected chi connectivity index (χ2v) is 8.75. The van der Waals surface area contributed by atoms with Gasteiger partial charge in [-0.1, -0.05) is 12.1 Å². The van der Waals surface area contributed by atoms with Crippen LogP contribution in [0.2, 0.25) is 0 Å². The van der Waals surface area contributed by atoms with Crippen LogP contribution in [0.15, 0.2) is 55.8 Å². The lowest BCUT2D eigenvalue weighted by Gasteiger charge is -2.05. The fourth-order valence-electron chi connectivity index (χ4n) is 4.86. The minimum absolute atomic E-state index is 0.299. The van der Waals surface area contributed by atoms with Gasteiger partial charge in [-0.15, -0.1) is 0 Å². The Morgan fingerprint density at radius 1 is 0.618 bits per heavy atom. The summed E-state index contributed by atoms with van der Waals surface area (Å²) >= 11 is 4.90. The molecule has 0 radical (unpaired) electrons. The number of aryl methyl sites for hydroxylation is 2. The first-order chi connectivity index (χ1) is 16.3. The zero-order chi connectivity index (χ0) is 23.9. The Bertz CT molecular complexity index is 2050. The quantitative estimate of drug-likeness (QED) is 0.154. The zero-order valence-electron chi connectivity index (χ0n) is 18.0. The highest BCUT2D eigenvalue weighted by Crippen LogP contribution is 2.37. The molecule has 0 aliphatic carbocycles. The van der Waals surface area contributed by atoms with Gasteiger partial charge in [-0.25, -0.2) is 0 Å². The van der Waals surface area contributed by atoms with Crippen molar-refractivity contribution >= 4 is 66.6 Å². The first-order valence-electron chi connectivity index (χ1n) is 10.5. The molecule has 0 aliphatic heterocycles. The molecule has 3 heterocycles. The Balaban J connectivity index is 0.000000182. The van der Waals surface area contributed by atoms with Gasteiger partial charge in [0.2, 0.25) is 21.7 Å². The summed E-state index contributed by atoms with van der Waals surface area (Å²) in [6, 6.07) is 7.92. The second-order valence-electron chi connectivity index (χ2n) is 8.35. The molecule has 0 unspecified atom stereocenters. The Morgan fingerprint density at radius 2 is 1.03 bits per heavy atom. The van der Waals surface area contributed by atoms with Crippen molar-refractivity contribution < 1.29 is 0 Å². The number of fused-ring (bicyclic) bond motifs is 3. The van der Waals surface area contributed by atoms with Crippen LogP contribution >= 0.6 is 12.2 Å². The molecule has 0 spiro atoms. The van der Waals surface area contributed by atoms with Gasteiger partial charge < -0.3 is 19.9 Å². The lowest BCUT2D eigenvalue weighted by Crippen LogP contribution is -2.28. The van der Waals surface area contributed by atoms with Crippen LogP contribution in [-0.4, -0.2) is 19.9 Å². The first kappa shape index (κ1) is 20.3. The third kappa shape index (κ3) is 2.49. The maximum Gasteiger partial charge on any atom is 0.234 e. The summed E-state index contributed by atoms with van der Waals surface area (Å²) in [6.45, 7) is 3.16. The first-order valence-corrected chi connectivity index (χ1v) is 10.9. The van der Waals surface area contributed by atoms with E-state index in [4.69, 9.17) is 12.2 Å². The van der Waals surface area contributed by atoms with Crippen molar-refractivity contribution in [2.45, 2.75) is 13.8 Å². The molecule has 34 heavy (non-hydrogen) atoms. The Labute approximate surface area is 193 Å². The molecule has 0 saturated carbocycles. The number of aromatic amines is 4. The Kier molecular flexibility index (Phi) is 4.06. The second kappa shape index (κ2) is 6.82. The molecule has 3 aromatic heterocycles. The van der Waals surface area contributed by atoms with Crippen molar-refractivity contribution in [2.75, 3.05) is 0 Å². The standard InChI is InChI=1S/C18H10N2O4.C7H6N2S/c1-5-13-9-7(3-19-13)12-10-8(11(9)17(23)15(5)21)4-20-14(10)6(2)16(22)18(12)24;10-7-8-5-3-1-2-4-6(5)9-7/h3-4,19-20H,1-2H3;1-4H,(H2,8,9,10). The molecule has 8 nitrogen and oxygen atoms in total. The largest absolute Gasteiger partial charge is 0.360 e. The number of H-pyrrole nitrogens is 4. The third-order valence-electron chi connectivity index (χ3n) is 6.52.